The maximum Gasteiger partial charge on any atom is 0.272 e. The first-order valence-corrected chi connectivity index (χ1v) is 9.36. The highest BCUT2D eigenvalue weighted by molar-refractivity contribution is 5.95. The van der Waals surface area contributed by atoms with Gasteiger partial charge in [-0.1, -0.05) is 30.3 Å². The summed E-state index contributed by atoms with van der Waals surface area (Å²) in [5.41, 5.74) is 2.43. The van der Waals surface area contributed by atoms with Gasteiger partial charge in [-0.05, 0) is 42.7 Å². The van der Waals surface area contributed by atoms with Crippen LogP contribution in [-0.4, -0.2) is 35.5 Å². The van der Waals surface area contributed by atoms with E-state index in [4.69, 9.17) is 9.47 Å². The van der Waals surface area contributed by atoms with Crippen LogP contribution in [0.4, 0.5) is 0 Å². The van der Waals surface area contributed by atoms with Crippen LogP contribution in [0.2, 0.25) is 0 Å². The van der Waals surface area contributed by atoms with E-state index >= 15 is 0 Å². The van der Waals surface area contributed by atoms with E-state index in [0.717, 1.165) is 47.4 Å². The van der Waals surface area contributed by atoms with Crippen LogP contribution in [0, 0.1) is 0 Å². The summed E-state index contributed by atoms with van der Waals surface area (Å²) in [6.45, 7) is 1.88. The molecule has 0 N–H and O–H groups in total. The summed E-state index contributed by atoms with van der Waals surface area (Å²) in [4.78, 5) is 19.7. The molecule has 136 valence electrons. The largest absolute Gasteiger partial charge is 0.486 e. The van der Waals surface area contributed by atoms with Crippen molar-refractivity contribution in [3.05, 3.63) is 65.9 Å². The molecule has 0 spiro atoms. The van der Waals surface area contributed by atoms with Crippen LogP contribution in [0.25, 0.3) is 10.9 Å². The predicted molar refractivity (Wildman–Crippen MR) is 102 cm³/mol. The smallest absolute Gasteiger partial charge is 0.272 e. The fourth-order valence-electron chi connectivity index (χ4n) is 3.96. The first-order valence-electron chi connectivity index (χ1n) is 9.36. The molecular formula is C22H20N2O3. The number of carbonyl (C=O) groups excluding carboxylic acids is 1. The van der Waals surface area contributed by atoms with Gasteiger partial charge in [-0.3, -0.25) is 4.79 Å². The number of ether oxygens (including phenoxy) is 2. The minimum atomic E-state index is -0.0156. The molecule has 0 bridgehead atoms. The zero-order chi connectivity index (χ0) is 18.2. The first kappa shape index (κ1) is 16.1. The van der Waals surface area contributed by atoms with Gasteiger partial charge < -0.3 is 14.4 Å². The van der Waals surface area contributed by atoms with E-state index in [1.165, 1.54) is 0 Å². The van der Waals surface area contributed by atoms with E-state index in [-0.39, 0.29) is 11.9 Å². The van der Waals surface area contributed by atoms with Crippen LogP contribution in [-0.2, 0) is 0 Å². The van der Waals surface area contributed by atoms with Crippen molar-refractivity contribution in [2.24, 2.45) is 0 Å². The minimum Gasteiger partial charge on any atom is -0.486 e. The van der Waals surface area contributed by atoms with Gasteiger partial charge in [0.2, 0.25) is 0 Å². The number of fused-ring (bicyclic) bond motifs is 2. The van der Waals surface area contributed by atoms with Crippen LogP contribution in [0.1, 0.15) is 34.9 Å². The van der Waals surface area contributed by atoms with Crippen LogP contribution < -0.4 is 9.47 Å². The molecule has 5 rings (SSSR count). The van der Waals surface area contributed by atoms with Gasteiger partial charge in [-0.15, -0.1) is 0 Å². The number of hydrogen-bond acceptors (Lipinski definition) is 4. The molecule has 2 aliphatic rings. The van der Waals surface area contributed by atoms with E-state index in [1.54, 1.807) is 0 Å². The number of aromatic nitrogens is 1. The summed E-state index contributed by atoms with van der Waals surface area (Å²) < 4.78 is 11.3. The molecule has 3 heterocycles. The number of pyridine rings is 1. The third-order valence-electron chi connectivity index (χ3n) is 5.28. The third kappa shape index (κ3) is 2.89. The molecule has 1 aromatic heterocycles. The molecule has 5 heteroatoms. The molecule has 1 saturated heterocycles. The molecule has 5 nitrogen and oxygen atoms in total. The second-order valence-corrected chi connectivity index (χ2v) is 6.95. The predicted octanol–water partition coefficient (Wildman–Crippen LogP) is 3.98. The summed E-state index contributed by atoms with van der Waals surface area (Å²) in [5.74, 6) is 1.53. The van der Waals surface area contributed by atoms with Crippen LogP contribution in [0.3, 0.4) is 0 Å². The Hall–Kier alpha value is -3.08. The lowest BCUT2D eigenvalue weighted by Crippen LogP contribution is -2.31. The van der Waals surface area contributed by atoms with Crippen molar-refractivity contribution >= 4 is 16.8 Å². The lowest BCUT2D eigenvalue weighted by Gasteiger charge is -2.26. The van der Waals surface area contributed by atoms with Crippen molar-refractivity contribution in [1.29, 1.82) is 0 Å². The second-order valence-electron chi connectivity index (χ2n) is 6.95. The third-order valence-corrected chi connectivity index (χ3v) is 5.28. The molecule has 0 radical (unpaired) electrons. The van der Waals surface area contributed by atoms with Crippen molar-refractivity contribution in [2.75, 3.05) is 19.8 Å². The molecule has 2 aliphatic heterocycles. The van der Waals surface area contributed by atoms with Gasteiger partial charge in [0.25, 0.3) is 5.91 Å². The van der Waals surface area contributed by atoms with Crippen LogP contribution >= 0.6 is 0 Å². The maximum atomic E-state index is 13.2. The molecule has 2 aromatic carbocycles. The second kappa shape index (κ2) is 6.58. The number of benzene rings is 2. The summed E-state index contributed by atoms with van der Waals surface area (Å²) in [5, 5.41) is 1.04. The Morgan fingerprint density at radius 2 is 1.85 bits per heavy atom. The first-order chi connectivity index (χ1) is 13.3. The number of amides is 1. The van der Waals surface area contributed by atoms with Crippen molar-refractivity contribution < 1.29 is 14.3 Å². The normalized spacial score (nSPS) is 18.7. The SMILES string of the molecule is O=C(c1ccc2ccccc2n1)N1CCC[C@H]1c1ccc2c(c1)OCCO2. The minimum absolute atomic E-state index is 0.0156. The van der Waals surface area contributed by atoms with Crippen LogP contribution in [0.15, 0.2) is 54.6 Å². The zero-order valence-corrected chi connectivity index (χ0v) is 14.9. The van der Waals surface area contributed by atoms with E-state index in [0.29, 0.717) is 18.9 Å². The van der Waals surface area contributed by atoms with E-state index < -0.39 is 0 Å². The van der Waals surface area contributed by atoms with Crippen molar-refractivity contribution in [3.63, 3.8) is 0 Å². The number of carbonyl (C=O) groups is 1. The molecule has 1 amide bonds. The Morgan fingerprint density at radius 3 is 2.78 bits per heavy atom. The van der Waals surface area contributed by atoms with Crippen molar-refractivity contribution in [1.82, 2.24) is 9.88 Å². The van der Waals surface area contributed by atoms with Gasteiger partial charge in [0.05, 0.1) is 11.6 Å². The van der Waals surface area contributed by atoms with Gasteiger partial charge in [0.1, 0.15) is 18.9 Å². The van der Waals surface area contributed by atoms with Gasteiger partial charge in [-0.25, -0.2) is 4.98 Å². The fraction of sp³-hybridized carbons (Fsp3) is 0.273. The summed E-state index contributed by atoms with van der Waals surface area (Å²) >= 11 is 0. The van der Waals surface area contributed by atoms with E-state index in [1.807, 2.05) is 59.5 Å². The maximum absolute atomic E-state index is 13.2. The highest BCUT2D eigenvalue weighted by Gasteiger charge is 2.32. The highest BCUT2D eigenvalue weighted by atomic mass is 16.6. The molecular weight excluding hydrogens is 340 g/mol. The van der Waals surface area contributed by atoms with Crippen molar-refractivity contribution in [3.8, 4) is 11.5 Å². The molecule has 0 saturated carbocycles. The molecule has 0 aliphatic carbocycles. The monoisotopic (exact) mass is 360 g/mol. The standard InChI is InChI=1S/C22H20N2O3/c25-22(18-9-7-15-4-1-2-5-17(15)23-18)24-11-3-6-19(24)16-8-10-20-21(14-16)27-13-12-26-20/h1-2,4-5,7-10,14,19H,3,6,11-13H2/t19-/m0/s1. The molecule has 0 unspecified atom stereocenters. The van der Waals surface area contributed by atoms with Gasteiger partial charge >= 0.3 is 0 Å². The van der Waals surface area contributed by atoms with Gasteiger partial charge in [0.15, 0.2) is 11.5 Å². The lowest BCUT2D eigenvalue weighted by molar-refractivity contribution is 0.0729. The summed E-state index contributed by atoms with van der Waals surface area (Å²) in [7, 11) is 0. The molecule has 1 atom stereocenters. The fourth-order valence-corrected chi connectivity index (χ4v) is 3.96. The Balaban J connectivity index is 1.45. The number of para-hydroxylation sites is 1. The van der Waals surface area contributed by atoms with Crippen LogP contribution in [0.5, 0.6) is 11.5 Å². The Labute approximate surface area is 157 Å². The number of rotatable bonds is 2. The van der Waals surface area contributed by atoms with Gasteiger partial charge in [0, 0.05) is 11.9 Å². The summed E-state index contributed by atoms with van der Waals surface area (Å²) in [6, 6.07) is 17.7. The average Bonchev–Trinajstić information content (AvgIpc) is 3.22. The zero-order valence-electron chi connectivity index (χ0n) is 14.9. The lowest BCUT2D eigenvalue weighted by atomic mass is 10.0. The van der Waals surface area contributed by atoms with E-state index in [9.17, 15) is 4.79 Å². The highest BCUT2D eigenvalue weighted by Crippen LogP contribution is 2.38. The summed E-state index contributed by atoms with van der Waals surface area (Å²) in [6.07, 6.45) is 1.93. The van der Waals surface area contributed by atoms with Crippen molar-refractivity contribution in [2.45, 2.75) is 18.9 Å². The number of nitrogens with zero attached hydrogens (tertiary/aromatic N) is 2. The van der Waals surface area contributed by atoms with Gasteiger partial charge in [-0.2, -0.15) is 0 Å². The molecule has 1 fully saturated rings. The number of hydrogen-bond donors (Lipinski definition) is 0. The molecule has 3 aromatic rings. The topological polar surface area (TPSA) is 51.7 Å². The Kier molecular flexibility index (Phi) is 3.93. The Morgan fingerprint density at radius 1 is 1.00 bits per heavy atom. The quantitative estimate of drug-likeness (QED) is 0.694. The average molecular weight is 360 g/mol. The Bertz CT molecular complexity index is 1020. The molecule has 27 heavy (non-hydrogen) atoms. The number of likely N-dealkylation sites (tertiary alicyclic amines) is 1. The van der Waals surface area contributed by atoms with E-state index in [2.05, 4.69) is 4.98 Å².